The first-order valence-corrected chi connectivity index (χ1v) is 12.3. The van der Waals surface area contributed by atoms with E-state index in [4.69, 9.17) is 18.9 Å². The van der Waals surface area contributed by atoms with Crippen molar-refractivity contribution in [3.8, 4) is 23.0 Å². The van der Waals surface area contributed by atoms with Crippen molar-refractivity contribution < 1.29 is 32.2 Å². The number of nitrogens with one attached hydrogen (secondary N) is 1. The minimum atomic E-state index is -4.20. The van der Waals surface area contributed by atoms with E-state index >= 15 is 0 Å². The Hall–Kier alpha value is -3.92. The number of aryl methyl sites for hydroxylation is 1. The SMILES string of the molecule is COc1cccc(N(CC(=O)Nc2ccc3c(c2)OCCO3)S(=O)(=O)c2cc(C)ccc2OC)c1. The van der Waals surface area contributed by atoms with Gasteiger partial charge in [0.2, 0.25) is 5.91 Å². The summed E-state index contributed by atoms with van der Waals surface area (Å²) in [5, 5.41) is 2.74. The maximum atomic E-state index is 13.8. The van der Waals surface area contributed by atoms with Crippen molar-refractivity contribution in [1.29, 1.82) is 0 Å². The summed E-state index contributed by atoms with van der Waals surface area (Å²) in [6.45, 7) is 2.16. The zero-order valence-corrected chi connectivity index (χ0v) is 20.4. The minimum absolute atomic E-state index is 0.0463. The summed E-state index contributed by atoms with van der Waals surface area (Å²) in [7, 11) is -1.32. The van der Waals surface area contributed by atoms with Crippen LogP contribution in [0.5, 0.6) is 23.0 Å². The van der Waals surface area contributed by atoms with Gasteiger partial charge in [0.05, 0.1) is 19.9 Å². The van der Waals surface area contributed by atoms with E-state index in [1.165, 1.54) is 20.3 Å². The number of carbonyl (C=O) groups excluding carboxylic acids is 1. The molecule has 0 saturated heterocycles. The van der Waals surface area contributed by atoms with Gasteiger partial charge in [-0.05, 0) is 48.9 Å². The van der Waals surface area contributed by atoms with E-state index in [0.717, 1.165) is 9.87 Å². The average Bonchev–Trinajstić information content (AvgIpc) is 2.87. The number of amides is 1. The second-order valence-electron chi connectivity index (χ2n) is 7.77. The van der Waals surface area contributed by atoms with Gasteiger partial charge in [-0.25, -0.2) is 8.42 Å². The quantitative estimate of drug-likeness (QED) is 0.506. The number of hydrogen-bond donors (Lipinski definition) is 1. The first kappa shape index (κ1) is 24.2. The van der Waals surface area contributed by atoms with Crippen LogP contribution in [0.2, 0.25) is 0 Å². The Labute approximate surface area is 204 Å². The summed E-state index contributed by atoms with van der Waals surface area (Å²) >= 11 is 0. The molecule has 1 N–H and O–H groups in total. The molecule has 35 heavy (non-hydrogen) atoms. The molecule has 1 amide bonds. The zero-order valence-electron chi connectivity index (χ0n) is 19.6. The van der Waals surface area contributed by atoms with Crippen molar-refractivity contribution in [2.45, 2.75) is 11.8 Å². The Morgan fingerprint density at radius 2 is 1.74 bits per heavy atom. The van der Waals surface area contributed by atoms with E-state index < -0.39 is 22.5 Å². The number of rotatable bonds is 8. The fourth-order valence-electron chi connectivity index (χ4n) is 3.64. The predicted molar refractivity (Wildman–Crippen MR) is 131 cm³/mol. The summed E-state index contributed by atoms with van der Waals surface area (Å²) in [6.07, 6.45) is 0. The highest BCUT2D eigenvalue weighted by Crippen LogP contribution is 2.34. The average molecular weight is 499 g/mol. The first-order valence-electron chi connectivity index (χ1n) is 10.8. The van der Waals surface area contributed by atoms with Gasteiger partial charge in [-0.2, -0.15) is 0 Å². The number of sulfonamides is 1. The number of benzene rings is 3. The topological polar surface area (TPSA) is 103 Å². The third-order valence-electron chi connectivity index (χ3n) is 5.34. The molecule has 9 nitrogen and oxygen atoms in total. The van der Waals surface area contributed by atoms with Crippen LogP contribution in [-0.4, -0.2) is 48.3 Å². The second-order valence-corrected chi connectivity index (χ2v) is 9.60. The molecule has 3 aromatic carbocycles. The molecule has 0 radical (unpaired) electrons. The fraction of sp³-hybridized carbons (Fsp3) is 0.240. The molecular weight excluding hydrogens is 472 g/mol. The summed E-state index contributed by atoms with van der Waals surface area (Å²) in [6, 6.07) is 16.3. The number of anilines is 2. The summed E-state index contributed by atoms with van der Waals surface area (Å²) < 4.78 is 50.3. The summed E-state index contributed by atoms with van der Waals surface area (Å²) in [5.74, 6) is 1.18. The molecule has 0 bridgehead atoms. The third kappa shape index (κ3) is 5.27. The smallest absolute Gasteiger partial charge is 0.268 e. The van der Waals surface area contributed by atoms with Crippen LogP contribution in [0.4, 0.5) is 11.4 Å². The molecule has 0 spiro atoms. The second kappa shape index (κ2) is 10.1. The van der Waals surface area contributed by atoms with E-state index in [1.54, 1.807) is 61.5 Å². The largest absolute Gasteiger partial charge is 0.497 e. The Morgan fingerprint density at radius 1 is 0.971 bits per heavy atom. The van der Waals surface area contributed by atoms with Crippen LogP contribution in [0.25, 0.3) is 0 Å². The van der Waals surface area contributed by atoms with E-state index in [1.807, 2.05) is 0 Å². The van der Waals surface area contributed by atoms with E-state index in [0.29, 0.717) is 36.1 Å². The van der Waals surface area contributed by atoms with E-state index in [-0.39, 0.29) is 16.3 Å². The monoisotopic (exact) mass is 498 g/mol. The summed E-state index contributed by atoms with van der Waals surface area (Å²) in [4.78, 5) is 13.0. The Balaban J connectivity index is 1.68. The minimum Gasteiger partial charge on any atom is -0.497 e. The van der Waals surface area contributed by atoms with Gasteiger partial charge < -0.3 is 24.3 Å². The molecule has 0 fully saturated rings. The lowest BCUT2D eigenvalue weighted by Crippen LogP contribution is -2.38. The highest BCUT2D eigenvalue weighted by Gasteiger charge is 2.30. The maximum Gasteiger partial charge on any atom is 0.268 e. The molecule has 184 valence electrons. The number of methoxy groups -OCH3 is 2. The van der Waals surface area contributed by atoms with Crippen LogP contribution in [0.1, 0.15) is 5.56 Å². The van der Waals surface area contributed by atoms with Crippen molar-refractivity contribution in [3.05, 3.63) is 66.2 Å². The van der Waals surface area contributed by atoms with Crippen LogP contribution in [0.3, 0.4) is 0 Å². The molecule has 1 aliphatic rings. The van der Waals surface area contributed by atoms with Crippen LogP contribution in [0.15, 0.2) is 65.6 Å². The molecule has 4 rings (SSSR count). The Morgan fingerprint density at radius 3 is 2.49 bits per heavy atom. The van der Waals surface area contributed by atoms with Crippen molar-refractivity contribution in [2.75, 3.05) is 43.6 Å². The van der Waals surface area contributed by atoms with Gasteiger partial charge in [-0.3, -0.25) is 9.10 Å². The zero-order chi connectivity index (χ0) is 25.0. The van der Waals surface area contributed by atoms with Gasteiger partial charge in [0.25, 0.3) is 10.0 Å². The molecule has 1 heterocycles. The lowest BCUT2D eigenvalue weighted by atomic mass is 10.2. The van der Waals surface area contributed by atoms with E-state index in [2.05, 4.69) is 5.32 Å². The van der Waals surface area contributed by atoms with Gasteiger partial charge in [0.1, 0.15) is 36.2 Å². The van der Waals surface area contributed by atoms with Gasteiger partial charge in [-0.15, -0.1) is 0 Å². The number of hydrogen-bond acceptors (Lipinski definition) is 7. The fourth-order valence-corrected chi connectivity index (χ4v) is 5.29. The normalized spacial score (nSPS) is 12.5. The van der Waals surface area contributed by atoms with Crippen molar-refractivity contribution in [1.82, 2.24) is 0 Å². The van der Waals surface area contributed by atoms with Crippen LogP contribution in [-0.2, 0) is 14.8 Å². The van der Waals surface area contributed by atoms with E-state index in [9.17, 15) is 13.2 Å². The number of ether oxygens (including phenoxy) is 4. The number of fused-ring (bicyclic) bond motifs is 1. The standard InChI is InChI=1S/C25H26N2O7S/c1-17-7-9-22(32-3)24(13-17)35(29,30)27(19-5-4-6-20(15-19)31-2)16-25(28)26-18-8-10-21-23(14-18)34-12-11-33-21/h4-10,13-15H,11-12,16H2,1-3H3,(H,26,28). The Bertz CT molecular complexity index is 1340. The maximum absolute atomic E-state index is 13.8. The lowest BCUT2D eigenvalue weighted by Gasteiger charge is -2.25. The molecule has 0 aliphatic carbocycles. The third-order valence-corrected chi connectivity index (χ3v) is 7.14. The predicted octanol–water partition coefficient (Wildman–Crippen LogP) is 3.62. The van der Waals surface area contributed by atoms with Gasteiger partial charge >= 0.3 is 0 Å². The molecule has 0 atom stereocenters. The van der Waals surface area contributed by atoms with Crippen molar-refractivity contribution in [3.63, 3.8) is 0 Å². The summed E-state index contributed by atoms with van der Waals surface area (Å²) in [5.41, 5.74) is 1.45. The molecule has 3 aromatic rings. The highest BCUT2D eigenvalue weighted by atomic mass is 32.2. The molecule has 0 saturated carbocycles. The molecule has 1 aliphatic heterocycles. The van der Waals surface area contributed by atoms with Crippen LogP contribution < -0.4 is 28.6 Å². The Kier molecular flexibility index (Phi) is 7.02. The van der Waals surface area contributed by atoms with Crippen LogP contribution >= 0.6 is 0 Å². The van der Waals surface area contributed by atoms with Crippen molar-refractivity contribution >= 4 is 27.3 Å². The van der Waals surface area contributed by atoms with Gasteiger partial charge in [-0.1, -0.05) is 12.1 Å². The molecule has 10 heteroatoms. The van der Waals surface area contributed by atoms with Gasteiger partial charge in [0, 0.05) is 17.8 Å². The van der Waals surface area contributed by atoms with Gasteiger partial charge in [0.15, 0.2) is 11.5 Å². The van der Waals surface area contributed by atoms with Crippen LogP contribution in [0, 0.1) is 6.92 Å². The molecule has 0 aromatic heterocycles. The first-order chi connectivity index (χ1) is 16.8. The molecular formula is C25H26N2O7S. The molecule has 0 unspecified atom stereocenters. The number of carbonyl (C=O) groups is 1. The highest BCUT2D eigenvalue weighted by molar-refractivity contribution is 7.93. The number of nitrogens with zero attached hydrogens (tertiary/aromatic N) is 1. The lowest BCUT2D eigenvalue weighted by molar-refractivity contribution is -0.114. The van der Waals surface area contributed by atoms with Crippen molar-refractivity contribution in [2.24, 2.45) is 0 Å².